The van der Waals surface area contributed by atoms with Crippen molar-refractivity contribution < 1.29 is 4.79 Å². The molecule has 0 heterocycles. The third-order valence-electron chi connectivity index (χ3n) is 2.69. The Bertz CT molecular complexity index is 372. The van der Waals surface area contributed by atoms with E-state index in [0.29, 0.717) is 10.6 Å². The van der Waals surface area contributed by atoms with Gasteiger partial charge < -0.3 is 0 Å². The Kier molecular flexibility index (Phi) is 2.93. The van der Waals surface area contributed by atoms with Crippen molar-refractivity contribution in [2.45, 2.75) is 19.3 Å². The van der Waals surface area contributed by atoms with Crippen LogP contribution in [0.3, 0.4) is 0 Å². The fourth-order valence-electron chi connectivity index (χ4n) is 1.58. The first-order valence-corrected chi connectivity index (χ1v) is 5.85. The molecule has 0 aliphatic heterocycles. The number of Topliss-reactive ketones (excluding diaryl/α,β-unsaturated/α-hetero) is 1. The molecule has 74 valence electrons. The van der Waals surface area contributed by atoms with Gasteiger partial charge in [0.05, 0.1) is 5.02 Å². The van der Waals surface area contributed by atoms with E-state index >= 15 is 0 Å². The van der Waals surface area contributed by atoms with Crippen LogP contribution in [-0.4, -0.2) is 5.78 Å². The summed E-state index contributed by atoms with van der Waals surface area (Å²) in [6.07, 6.45) is 3.20. The molecule has 14 heavy (non-hydrogen) atoms. The highest BCUT2D eigenvalue weighted by Crippen LogP contribution is 2.34. The van der Waals surface area contributed by atoms with E-state index in [1.165, 1.54) is 6.42 Å². The number of hydrogen-bond donors (Lipinski definition) is 0. The largest absolute Gasteiger partial charge is 0.294 e. The van der Waals surface area contributed by atoms with Crippen LogP contribution in [0.2, 0.25) is 5.02 Å². The van der Waals surface area contributed by atoms with E-state index in [1.54, 1.807) is 6.07 Å². The summed E-state index contributed by atoms with van der Waals surface area (Å²) in [5.74, 6) is 0.407. The lowest BCUT2D eigenvalue weighted by Gasteiger charge is -2.24. The van der Waals surface area contributed by atoms with E-state index in [0.717, 1.165) is 17.3 Å². The lowest BCUT2D eigenvalue weighted by atomic mass is 9.80. The van der Waals surface area contributed by atoms with Crippen LogP contribution in [0.1, 0.15) is 29.6 Å². The van der Waals surface area contributed by atoms with Gasteiger partial charge in [0, 0.05) is 16.0 Å². The van der Waals surface area contributed by atoms with Crippen LogP contribution in [0.15, 0.2) is 22.7 Å². The summed E-state index contributed by atoms with van der Waals surface area (Å²) in [6, 6.07) is 5.50. The monoisotopic (exact) mass is 272 g/mol. The van der Waals surface area contributed by atoms with Crippen LogP contribution >= 0.6 is 27.5 Å². The molecular formula is C11H10BrClO. The predicted octanol–water partition coefficient (Wildman–Crippen LogP) is 4.09. The van der Waals surface area contributed by atoms with Gasteiger partial charge in [-0.2, -0.15) is 0 Å². The fourth-order valence-corrected chi connectivity index (χ4v) is 2.17. The summed E-state index contributed by atoms with van der Waals surface area (Å²) < 4.78 is 0.796. The predicted molar refractivity (Wildman–Crippen MR) is 60.8 cm³/mol. The molecule has 0 atom stereocenters. The Hall–Kier alpha value is -0.340. The van der Waals surface area contributed by atoms with Crippen molar-refractivity contribution >= 4 is 33.3 Å². The highest BCUT2D eigenvalue weighted by molar-refractivity contribution is 9.10. The zero-order valence-corrected chi connectivity index (χ0v) is 9.94. The third kappa shape index (κ3) is 1.73. The average molecular weight is 274 g/mol. The molecule has 1 aromatic rings. The Morgan fingerprint density at radius 1 is 1.43 bits per heavy atom. The summed E-state index contributed by atoms with van der Waals surface area (Å²) in [7, 11) is 0. The second-order valence-electron chi connectivity index (χ2n) is 3.59. The summed E-state index contributed by atoms with van der Waals surface area (Å²) in [5.41, 5.74) is 0.658. The molecule has 1 fully saturated rings. The van der Waals surface area contributed by atoms with Crippen molar-refractivity contribution in [2.24, 2.45) is 5.92 Å². The Morgan fingerprint density at radius 3 is 2.71 bits per heavy atom. The van der Waals surface area contributed by atoms with Gasteiger partial charge in [0.15, 0.2) is 5.78 Å². The normalized spacial score (nSPS) is 16.4. The van der Waals surface area contributed by atoms with Gasteiger partial charge in [-0.05, 0) is 40.9 Å². The van der Waals surface area contributed by atoms with Gasteiger partial charge in [0.25, 0.3) is 0 Å². The molecule has 0 spiro atoms. The van der Waals surface area contributed by atoms with Gasteiger partial charge in [0.1, 0.15) is 0 Å². The van der Waals surface area contributed by atoms with E-state index in [9.17, 15) is 4.79 Å². The molecule has 0 amide bonds. The van der Waals surface area contributed by atoms with Crippen molar-refractivity contribution in [1.82, 2.24) is 0 Å². The van der Waals surface area contributed by atoms with Crippen molar-refractivity contribution in [3.8, 4) is 0 Å². The second-order valence-corrected chi connectivity index (χ2v) is 4.83. The van der Waals surface area contributed by atoms with E-state index in [2.05, 4.69) is 15.9 Å². The van der Waals surface area contributed by atoms with Crippen molar-refractivity contribution in [3.05, 3.63) is 33.3 Å². The summed E-state index contributed by atoms with van der Waals surface area (Å²) >= 11 is 9.36. The minimum absolute atomic E-state index is 0.197. The highest BCUT2D eigenvalue weighted by atomic mass is 79.9. The molecule has 0 radical (unpaired) electrons. The Labute approximate surface area is 96.6 Å². The minimum Gasteiger partial charge on any atom is -0.294 e. The maximum absolute atomic E-state index is 11.9. The zero-order valence-electron chi connectivity index (χ0n) is 7.59. The number of hydrogen-bond acceptors (Lipinski definition) is 1. The van der Waals surface area contributed by atoms with E-state index in [1.807, 2.05) is 12.1 Å². The first-order valence-electron chi connectivity index (χ1n) is 4.68. The van der Waals surface area contributed by atoms with Gasteiger partial charge in [-0.25, -0.2) is 0 Å². The van der Waals surface area contributed by atoms with Gasteiger partial charge in [-0.15, -0.1) is 0 Å². The number of benzene rings is 1. The maximum atomic E-state index is 11.9. The smallest absolute Gasteiger partial charge is 0.167 e. The summed E-state index contributed by atoms with van der Waals surface area (Å²) in [4.78, 5) is 11.9. The van der Waals surface area contributed by atoms with E-state index in [-0.39, 0.29) is 11.7 Å². The molecule has 2 rings (SSSR count). The van der Waals surface area contributed by atoms with Crippen LogP contribution in [0.4, 0.5) is 0 Å². The highest BCUT2D eigenvalue weighted by Gasteiger charge is 2.27. The molecule has 0 unspecified atom stereocenters. The van der Waals surface area contributed by atoms with Crippen LogP contribution in [0.5, 0.6) is 0 Å². The summed E-state index contributed by atoms with van der Waals surface area (Å²) in [5, 5.41) is 0.546. The number of halogens is 2. The van der Waals surface area contributed by atoms with Crippen molar-refractivity contribution in [2.75, 3.05) is 0 Å². The molecule has 3 heteroatoms. The fraction of sp³-hybridized carbons (Fsp3) is 0.364. The Balaban J connectivity index is 2.31. The molecule has 0 bridgehead atoms. The SMILES string of the molecule is O=C(c1cccc(Br)c1Cl)C1CCC1. The maximum Gasteiger partial charge on any atom is 0.167 e. The first kappa shape index (κ1) is 10.2. The second kappa shape index (κ2) is 4.03. The lowest BCUT2D eigenvalue weighted by molar-refractivity contribution is 0.0855. The summed E-state index contributed by atoms with van der Waals surface area (Å²) in [6.45, 7) is 0. The molecule has 1 saturated carbocycles. The number of carbonyl (C=O) groups excluding carboxylic acids is 1. The minimum atomic E-state index is 0.197. The van der Waals surface area contributed by atoms with Crippen LogP contribution in [0, 0.1) is 5.92 Å². The van der Waals surface area contributed by atoms with Crippen molar-refractivity contribution in [3.63, 3.8) is 0 Å². The molecule has 0 aromatic heterocycles. The number of rotatable bonds is 2. The lowest BCUT2D eigenvalue weighted by Crippen LogP contribution is -2.22. The topological polar surface area (TPSA) is 17.1 Å². The number of carbonyl (C=O) groups is 1. The quantitative estimate of drug-likeness (QED) is 0.742. The molecule has 1 aromatic carbocycles. The van der Waals surface area contributed by atoms with Crippen LogP contribution in [-0.2, 0) is 0 Å². The molecule has 1 nitrogen and oxygen atoms in total. The standard InChI is InChI=1S/C11H10BrClO/c12-9-6-2-5-8(10(9)13)11(14)7-3-1-4-7/h2,5-7H,1,3-4H2. The average Bonchev–Trinajstić information content (AvgIpc) is 2.06. The van der Waals surface area contributed by atoms with Crippen molar-refractivity contribution in [1.29, 1.82) is 0 Å². The Morgan fingerprint density at radius 2 is 2.14 bits per heavy atom. The number of ketones is 1. The zero-order chi connectivity index (χ0) is 10.1. The van der Waals surface area contributed by atoms with Gasteiger partial charge in [-0.1, -0.05) is 24.1 Å². The molecule has 0 saturated heterocycles. The third-order valence-corrected chi connectivity index (χ3v) is 3.99. The van der Waals surface area contributed by atoms with Gasteiger partial charge in [0.2, 0.25) is 0 Å². The molecule has 1 aliphatic carbocycles. The molecule has 0 N–H and O–H groups in total. The van der Waals surface area contributed by atoms with E-state index < -0.39 is 0 Å². The van der Waals surface area contributed by atoms with E-state index in [4.69, 9.17) is 11.6 Å². The first-order chi connectivity index (χ1) is 6.70. The van der Waals surface area contributed by atoms with Crippen LogP contribution < -0.4 is 0 Å². The van der Waals surface area contributed by atoms with Crippen LogP contribution in [0.25, 0.3) is 0 Å². The molecule has 1 aliphatic rings. The molecular weight excluding hydrogens is 263 g/mol. The van der Waals surface area contributed by atoms with Gasteiger partial charge >= 0.3 is 0 Å². The van der Waals surface area contributed by atoms with Gasteiger partial charge in [-0.3, -0.25) is 4.79 Å².